The molecular weight excluding hydrogens is 236 g/mol. The van der Waals surface area contributed by atoms with Crippen LogP contribution in [-0.2, 0) is 17.7 Å². The van der Waals surface area contributed by atoms with Gasteiger partial charge in [0.15, 0.2) is 0 Å². The normalized spacial score (nSPS) is 18.1. The molecule has 0 aromatic heterocycles. The highest BCUT2D eigenvalue weighted by Gasteiger charge is 2.27. The maximum absolute atomic E-state index is 6.11. The smallest absolute Gasteiger partial charge is 0.0637 e. The van der Waals surface area contributed by atoms with Crippen LogP contribution in [0.15, 0.2) is 18.2 Å². The van der Waals surface area contributed by atoms with Gasteiger partial charge in [-0.05, 0) is 50.8 Å². The number of rotatable bonds is 4. The summed E-state index contributed by atoms with van der Waals surface area (Å²) in [5.41, 5.74) is 9.70. The largest absolute Gasteiger partial charge is 0.398 e. The van der Waals surface area contributed by atoms with E-state index in [-0.39, 0.29) is 5.60 Å². The molecule has 1 aliphatic rings. The fourth-order valence-electron chi connectivity index (χ4n) is 2.93. The molecule has 0 radical (unpaired) electrons. The highest BCUT2D eigenvalue weighted by Crippen LogP contribution is 2.28. The zero-order chi connectivity index (χ0) is 14.0. The minimum atomic E-state index is -0.0675. The van der Waals surface area contributed by atoms with Crippen LogP contribution in [0.1, 0.15) is 38.3 Å². The highest BCUT2D eigenvalue weighted by atomic mass is 16.5. The van der Waals surface area contributed by atoms with Gasteiger partial charge in [0.25, 0.3) is 0 Å². The number of fused-ring (bicyclic) bond motifs is 1. The average Bonchev–Trinajstić information content (AvgIpc) is 2.38. The first-order valence-corrected chi connectivity index (χ1v) is 7.08. The number of nitrogen functional groups attached to an aromatic ring is 1. The van der Waals surface area contributed by atoms with Crippen molar-refractivity contribution < 1.29 is 4.74 Å². The first kappa shape index (κ1) is 14.4. The van der Waals surface area contributed by atoms with Gasteiger partial charge in [-0.15, -0.1) is 0 Å². The quantitative estimate of drug-likeness (QED) is 0.848. The summed E-state index contributed by atoms with van der Waals surface area (Å²) in [6.07, 6.45) is 2.13. The van der Waals surface area contributed by atoms with Crippen molar-refractivity contribution >= 4 is 5.69 Å². The third-order valence-corrected chi connectivity index (χ3v) is 4.30. The number of anilines is 1. The number of ether oxygens (including phenoxy) is 1. The molecule has 1 aromatic rings. The van der Waals surface area contributed by atoms with E-state index in [1.165, 1.54) is 11.1 Å². The Labute approximate surface area is 116 Å². The Morgan fingerprint density at radius 3 is 2.84 bits per heavy atom. The van der Waals surface area contributed by atoms with Gasteiger partial charge in [0, 0.05) is 31.9 Å². The van der Waals surface area contributed by atoms with E-state index in [4.69, 9.17) is 10.5 Å². The fraction of sp³-hybridized carbons (Fsp3) is 0.625. The lowest BCUT2D eigenvalue weighted by Crippen LogP contribution is -2.42. The van der Waals surface area contributed by atoms with E-state index in [9.17, 15) is 0 Å². The van der Waals surface area contributed by atoms with Crippen molar-refractivity contribution in [3.8, 4) is 0 Å². The van der Waals surface area contributed by atoms with E-state index < -0.39 is 0 Å². The molecular formula is C16H26N2O. The number of nitrogens with two attached hydrogens (primary N) is 1. The Balaban J connectivity index is 2.07. The van der Waals surface area contributed by atoms with Crippen molar-refractivity contribution in [3.63, 3.8) is 0 Å². The molecule has 0 amide bonds. The summed E-state index contributed by atoms with van der Waals surface area (Å²) < 4.78 is 5.54. The Morgan fingerprint density at radius 1 is 1.42 bits per heavy atom. The van der Waals surface area contributed by atoms with Gasteiger partial charge in [0.05, 0.1) is 5.60 Å². The number of hydrogen-bond donors (Lipinski definition) is 1. The SMILES string of the molecule is COC(C)(C)CC(C)N1CCc2cccc(N)c2C1. The first-order chi connectivity index (χ1) is 8.93. The lowest BCUT2D eigenvalue weighted by atomic mass is 9.94. The molecule has 1 aromatic carbocycles. The molecule has 3 heteroatoms. The summed E-state index contributed by atoms with van der Waals surface area (Å²) in [5, 5.41) is 0. The van der Waals surface area contributed by atoms with Crippen molar-refractivity contribution in [1.29, 1.82) is 0 Å². The summed E-state index contributed by atoms with van der Waals surface area (Å²) in [4.78, 5) is 2.51. The van der Waals surface area contributed by atoms with Gasteiger partial charge in [-0.2, -0.15) is 0 Å². The molecule has 0 saturated carbocycles. The van der Waals surface area contributed by atoms with Crippen LogP contribution in [0.2, 0.25) is 0 Å². The Morgan fingerprint density at radius 2 is 2.16 bits per heavy atom. The molecule has 0 spiro atoms. The molecule has 1 unspecified atom stereocenters. The summed E-state index contributed by atoms with van der Waals surface area (Å²) in [6, 6.07) is 6.77. The molecule has 106 valence electrons. The molecule has 0 saturated heterocycles. The zero-order valence-corrected chi connectivity index (χ0v) is 12.6. The Hall–Kier alpha value is -1.06. The number of nitrogens with zero attached hydrogens (tertiary/aromatic N) is 1. The maximum atomic E-state index is 6.11. The van der Waals surface area contributed by atoms with E-state index >= 15 is 0 Å². The van der Waals surface area contributed by atoms with Gasteiger partial charge < -0.3 is 10.5 Å². The van der Waals surface area contributed by atoms with Crippen LogP contribution in [0.4, 0.5) is 5.69 Å². The molecule has 19 heavy (non-hydrogen) atoms. The topological polar surface area (TPSA) is 38.5 Å². The minimum Gasteiger partial charge on any atom is -0.398 e. The van der Waals surface area contributed by atoms with E-state index in [2.05, 4.69) is 37.8 Å². The minimum absolute atomic E-state index is 0.0675. The highest BCUT2D eigenvalue weighted by molar-refractivity contribution is 5.51. The molecule has 0 bridgehead atoms. The Kier molecular flexibility index (Phi) is 4.16. The Bertz CT molecular complexity index is 442. The van der Waals surface area contributed by atoms with E-state index in [0.717, 1.165) is 31.6 Å². The van der Waals surface area contributed by atoms with Crippen LogP contribution in [-0.4, -0.2) is 30.2 Å². The van der Waals surface area contributed by atoms with Crippen LogP contribution in [0.5, 0.6) is 0 Å². The van der Waals surface area contributed by atoms with Gasteiger partial charge >= 0.3 is 0 Å². The number of benzene rings is 1. The second-order valence-corrected chi connectivity index (χ2v) is 6.22. The molecule has 0 fully saturated rings. The zero-order valence-electron chi connectivity index (χ0n) is 12.6. The van der Waals surface area contributed by atoms with Gasteiger partial charge in [-0.1, -0.05) is 12.1 Å². The predicted octanol–water partition coefficient (Wildman–Crippen LogP) is 2.83. The molecule has 1 aliphatic heterocycles. The molecule has 1 heterocycles. The third-order valence-electron chi connectivity index (χ3n) is 4.30. The van der Waals surface area contributed by atoms with Gasteiger partial charge in [-0.25, -0.2) is 0 Å². The molecule has 0 aliphatic carbocycles. The van der Waals surface area contributed by atoms with Crippen LogP contribution in [0.3, 0.4) is 0 Å². The summed E-state index contributed by atoms with van der Waals surface area (Å²) >= 11 is 0. The second kappa shape index (κ2) is 5.51. The van der Waals surface area contributed by atoms with Crippen molar-refractivity contribution in [2.75, 3.05) is 19.4 Å². The van der Waals surface area contributed by atoms with Crippen molar-refractivity contribution in [2.45, 2.75) is 51.8 Å². The van der Waals surface area contributed by atoms with Crippen LogP contribution in [0.25, 0.3) is 0 Å². The second-order valence-electron chi connectivity index (χ2n) is 6.22. The van der Waals surface area contributed by atoms with Gasteiger partial charge in [-0.3, -0.25) is 4.90 Å². The van der Waals surface area contributed by atoms with Gasteiger partial charge in [0.2, 0.25) is 0 Å². The lowest BCUT2D eigenvalue weighted by molar-refractivity contribution is -0.00794. The van der Waals surface area contributed by atoms with Crippen LogP contribution >= 0.6 is 0 Å². The summed E-state index contributed by atoms with van der Waals surface area (Å²) in [5.74, 6) is 0. The summed E-state index contributed by atoms with van der Waals surface area (Å²) in [7, 11) is 1.79. The van der Waals surface area contributed by atoms with Gasteiger partial charge in [0.1, 0.15) is 0 Å². The van der Waals surface area contributed by atoms with Crippen molar-refractivity contribution in [2.24, 2.45) is 0 Å². The fourth-order valence-corrected chi connectivity index (χ4v) is 2.93. The lowest BCUT2D eigenvalue weighted by Gasteiger charge is -2.37. The van der Waals surface area contributed by atoms with E-state index in [0.29, 0.717) is 6.04 Å². The summed E-state index contributed by atoms with van der Waals surface area (Å²) in [6.45, 7) is 8.65. The average molecular weight is 262 g/mol. The van der Waals surface area contributed by atoms with Crippen molar-refractivity contribution in [1.82, 2.24) is 4.90 Å². The molecule has 3 nitrogen and oxygen atoms in total. The molecule has 2 rings (SSSR count). The van der Waals surface area contributed by atoms with E-state index in [1.807, 2.05) is 6.07 Å². The van der Waals surface area contributed by atoms with E-state index in [1.54, 1.807) is 7.11 Å². The predicted molar refractivity (Wildman–Crippen MR) is 80.1 cm³/mol. The number of hydrogen-bond acceptors (Lipinski definition) is 3. The van der Waals surface area contributed by atoms with Crippen LogP contribution in [0, 0.1) is 0 Å². The standard InChI is InChI=1S/C16H26N2O/c1-12(10-16(2,3)19-4)18-9-8-13-6-5-7-15(17)14(13)11-18/h5-7,12H,8-11,17H2,1-4H3. The first-order valence-electron chi connectivity index (χ1n) is 7.08. The molecule has 1 atom stereocenters. The molecule has 2 N–H and O–H groups in total. The number of methoxy groups -OCH3 is 1. The van der Waals surface area contributed by atoms with Crippen LogP contribution < -0.4 is 5.73 Å². The monoisotopic (exact) mass is 262 g/mol. The van der Waals surface area contributed by atoms with Crippen molar-refractivity contribution in [3.05, 3.63) is 29.3 Å². The maximum Gasteiger partial charge on any atom is 0.0637 e. The third kappa shape index (κ3) is 3.28.